The summed E-state index contributed by atoms with van der Waals surface area (Å²) in [5.74, 6) is 1.49. The van der Waals surface area contributed by atoms with E-state index in [1.807, 2.05) is 18.2 Å². The lowest BCUT2D eigenvalue weighted by Gasteiger charge is -2.33. The number of non-ortho nitro benzene ring substituents is 1. The van der Waals surface area contributed by atoms with Crippen LogP contribution >= 0.6 is 0 Å². The highest BCUT2D eigenvalue weighted by Gasteiger charge is 2.44. The fourth-order valence-corrected chi connectivity index (χ4v) is 10.8. The average molecular weight is 774 g/mol. The molecular weight excluding hydrogens is 711 g/mol. The standard InChI is InChI=1S/C54H63NO3/c1-8-15-16-37(13-6)36-58-52-26-20-39(31-38(52)14-7)40-17-22-44-45-23-18-41(33-49(45)53(27-9-2,28-10-3)48(44)32-40)42-19-24-46-47-25-21-43(55(56)57)35-51(47)54(29-11-4,30-12-5)50(46)34-42/h14,17-26,31-35,37H,7-13,15-16,27-30,36H2,1-6H3. The highest BCUT2D eigenvalue weighted by molar-refractivity contribution is 5.88. The molecule has 0 spiro atoms. The van der Waals surface area contributed by atoms with Gasteiger partial charge in [-0.15, -0.1) is 0 Å². The van der Waals surface area contributed by atoms with Gasteiger partial charge < -0.3 is 4.74 Å². The van der Waals surface area contributed by atoms with Crippen molar-refractivity contribution in [3.8, 4) is 50.3 Å². The summed E-state index contributed by atoms with van der Waals surface area (Å²) < 4.78 is 6.42. The molecule has 0 amide bonds. The number of nitrogens with zero attached hydrogens (tertiary/aromatic N) is 1. The molecule has 0 fully saturated rings. The maximum absolute atomic E-state index is 12.0. The molecule has 0 saturated heterocycles. The van der Waals surface area contributed by atoms with Crippen molar-refractivity contribution in [2.24, 2.45) is 5.92 Å². The Kier molecular flexibility index (Phi) is 12.4. The molecule has 4 nitrogen and oxygen atoms in total. The molecule has 0 radical (unpaired) electrons. The third-order valence-electron chi connectivity index (χ3n) is 13.5. The van der Waals surface area contributed by atoms with Crippen molar-refractivity contribution in [3.63, 3.8) is 0 Å². The fraction of sp³-hybridized carbons (Fsp3) is 0.407. The fourth-order valence-electron chi connectivity index (χ4n) is 10.8. The van der Waals surface area contributed by atoms with E-state index in [4.69, 9.17) is 4.74 Å². The summed E-state index contributed by atoms with van der Waals surface area (Å²) in [5.41, 5.74) is 16.2. The first-order valence-electron chi connectivity index (χ1n) is 22.4. The molecule has 0 heterocycles. The third kappa shape index (κ3) is 7.22. The first-order valence-corrected chi connectivity index (χ1v) is 22.4. The molecule has 0 saturated carbocycles. The smallest absolute Gasteiger partial charge is 0.269 e. The molecule has 58 heavy (non-hydrogen) atoms. The Morgan fingerprint density at radius 2 is 1.03 bits per heavy atom. The van der Waals surface area contributed by atoms with Gasteiger partial charge in [0.25, 0.3) is 5.69 Å². The van der Waals surface area contributed by atoms with Crippen LogP contribution in [0.25, 0.3) is 50.6 Å². The van der Waals surface area contributed by atoms with Crippen LogP contribution < -0.4 is 4.74 Å². The lowest BCUT2D eigenvalue weighted by Crippen LogP contribution is -2.25. The van der Waals surface area contributed by atoms with E-state index in [2.05, 4.69) is 121 Å². The van der Waals surface area contributed by atoms with E-state index in [1.54, 1.807) is 6.07 Å². The van der Waals surface area contributed by atoms with Crippen molar-refractivity contribution in [2.45, 2.75) is 129 Å². The van der Waals surface area contributed by atoms with Crippen molar-refractivity contribution >= 4 is 11.8 Å². The molecule has 0 bridgehead atoms. The van der Waals surface area contributed by atoms with Crippen molar-refractivity contribution in [1.82, 2.24) is 0 Å². The third-order valence-corrected chi connectivity index (χ3v) is 13.5. The first-order chi connectivity index (χ1) is 28.2. The molecule has 0 aromatic heterocycles. The van der Waals surface area contributed by atoms with E-state index in [9.17, 15) is 10.1 Å². The number of ether oxygens (including phenoxy) is 1. The molecular formula is C54H63NO3. The van der Waals surface area contributed by atoms with Crippen molar-refractivity contribution in [3.05, 3.63) is 136 Å². The second kappa shape index (κ2) is 17.5. The van der Waals surface area contributed by atoms with Crippen LogP contribution in [0.15, 0.2) is 97.6 Å². The normalized spacial score (nSPS) is 14.7. The van der Waals surface area contributed by atoms with Crippen molar-refractivity contribution in [2.75, 3.05) is 6.61 Å². The predicted octanol–water partition coefficient (Wildman–Crippen LogP) is 15.9. The Balaban J connectivity index is 1.28. The minimum Gasteiger partial charge on any atom is -0.493 e. The van der Waals surface area contributed by atoms with Crippen LogP contribution in [0.4, 0.5) is 5.69 Å². The van der Waals surface area contributed by atoms with Crippen molar-refractivity contribution < 1.29 is 9.66 Å². The van der Waals surface area contributed by atoms with Crippen LogP contribution in [-0.4, -0.2) is 11.5 Å². The zero-order chi connectivity index (χ0) is 41.0. The summed E-state index contributed by atoms with van der Waals surface area (Å²) in [6.45, 7) is 18.6. The van der Waals surface area contributed by atoms with E-state index >= 15 is 0 Å². The Hall–Kier alpha value is -4.96. The molecule has 1 atom stereocenters. The van der Waals surface area contributed by atoms with E-state index < -0.39 is 0 Å². The number of unbranched alkanes of at least 4 members (excludes halogenated alkanes) is 1. The van der Waals surface area contributed by atoms with Crippen LogP contribution in [-0.2, 0) is 10.8 Å². The van der Waals surface area contributed by atoms with Crippen molar-refractivity contribution in [1.29, 1.82) is 0 Å². The largest absolute Gasteiger partial charge is 0.493 e. The second-order valence-corrected chi connectivity index (χ2v) is 17.1. The zero-order valence-electron chi connectivity index (χ0n) is 35.9. The topological polar surface area (TPSA) is 52.4 Å². The van der Waals surface area contributed by atoms with Gasteiger partial charge in [0, 0.05) is 28.5 Å². The van der Waals surface area contributed by atoms with Gasteiger partial charge in [-0.25, -0.2) is 0 Å². The lowest BCUT2D eigenvalue weighted by molar-refractivity contribution is -0.384. The average Bonchev–Trinajstić information content (AvgIpc) is 3.66. The van der Waals surface area contributed by atoms with Crippen LogP contribution in [0.3, 0.4) is 0 Å². The summed E-state index contributed by atoms with van der Waals surface area (Å²) in [7, 11) is 0. The minimum absolute atomic E-state index is 0.0851. The Bertz CT molecular complexity index is 2290. The lowest BCUT2D eigenvalue weighted by atomic mass is 9.70. The Morgan fingerprint density at radius 1 is 0.603 bits per heavy atom. The van der Waals surface area contributed by atoms with E-state index in [1.165, 1.54) is 74.9 Å². The molecule has 5 aromatic rings. The number of rotatable bonds is 19. The number of benzene rings is 5. The zero-order valence-corrected chi connectivity index (χ0v) is 35.9. The molecule has 2 aliphatic carbocycles. The highest BCUT2D eigenvalue weighted by atomic mass is 16.6. The SMILES string of the molecule is C=Cc1cc(-c2ccc3c(c2)C(CCC)(CCC)c2cc(-c4ccc5c(c4)C(CCC)(CCC)c4cc([N+](=O)[O-])ccc4-5)ccc2-3)ccc1OCC(CC)CCCC. The predicted molar refractivity (Wildman–Crippen MR) is 245 cm³/mol. The van der Waals surface area contributed by atoms with Gasteiger partial charge in [-0.1, -0.05) is 142 Å². The Labute approximate surface area is 347 Å². The molecule has 2 aliphatic rings. The summed E-state index contributed by atoms with van der Waals surface area (Å²) >= 11 is 0. The number of nitro groups is 1. The van der Waals surface area contributed by atoms with E-state index in [0.29, 0.717) is 5.92 Å². The van der Waals surface area contributed by atoms with Crippen LogP contribution in [0.1, 0.15) is 146 Å². The van der Waals surface area contributed by atoms with Gasteiger partial charge in [0.15, 0.2) is 0 Å². The number of fused-ring (bicyclic) bond motifs is 6. The van der Waals surface area contributed by atoms with Gasteiger partial charge in [-0.05, 0) is 141 Å². The summed E-state index contributed by atoms with van der Waals surface area (Å²) in [5, 5.41) is 12.0. The van der Waals surface area contributed by atoms with Gasteiger partial charge in [-0.3, -0.25) is 10.1 Å². The van der Waals surface area contributed by atoms with Gasteiger partial charge in [-0.2, -0.15) is 0 Å². The molecule has 4 heteroatoms. The minimum atomic E-state index is -0.247. The van der Waals surface area contributed by atoms with Gasteiger partial charge in [0.05, 0.1) is 11.5 Å². The summed E-state index contributed by atoms with van der Waals surface area (Å²) in [6, 6.07) is 33.5. The molecule has 0 N–H and O–H groups in total. The van der Waals surface area contributed by atoms with E-state index in [0.717, 1.165) is 86.8 Å². The molecule has 5 aromatic carbocycles. The van der Waals surface area contributed by atoms with E-state index in [-0.39, 0.29) is 21.4 Å². The maximum atomic E-state index is 12.0. The molecule has 0 aliphatic heterocycles. The summed E-state index contributed by atoms with van der Waals surface area (Å²) in [6.07, 6.45) is 15.0. The molecule has 1 unspecified atom stereocenters. The first kappa shape index (κ1) is 41.2. The number of hydrogen-bond acceptors (Lipinski definition) is 3. The van der Waals surface area contributed by atoms with Gasteiger partial charge in [0.2, 0.25) is 0 Å². The van der Waals surface area contributed by atoms with Gasteiger partial charge >= 0.3 is 0 Å². The van der Waals surface area contributed by atoms with Crippen LogP contribution in [0.2, 0.25) is 0 Å². The summed E-state index contributed by atoms with van der Waals surface area (Å²) in [4.78, 5) is 11.7. The number of nitro benzene ring substituents is 1. The Morgan fingerprint density at radius 3 is 1.45 bits per heavy atom. The van der Waals surface area contributed by atoms with Crippen LogP contribution in [0, 0.1) is 16.0 Å². The van der Waals surface area contributed by atoms with Crippen LogP contribution in [0.5, 0.6) is 5.75 Å². The number of hydrogen-bond donors (Lipinski definition) is 0. The quantitative estimate of drug-likeness (QED) is 0.0620. The monoisotopic (exact) mass is 773 g/mol. The van der Waals surface area contributed by atoms with Gasteiger partial charge in [0.1, 0.15) is 5.75 Å². The molecule has 302 valence electrons. The maximum Gasteiger partial charge on any atom is 0.269 e. The highest BCUT2D eigenvalue weighted by Crippen LogP contribution is 2.57. The second-order valence-electron chi connectivity index (χ2n) is 17.1. The molecule has 7 rings (SSSR count).